The Kier molecular flexibility index (Phi) is 3.69. The number of halogens is 2. The zero-order valence-electron chi connectivity index (χ0n) is 9.59. The van der Waals surface area contributed by atoms with Gasteiger partial charge in [0.1, 0.15) is 5.82 Å². The first-order chi connectivity index (χ1) is 8.06. The highest BCUT2D eigenvalue weighted by Crippen LogP contribution is 2.26. The molecule has 0 saturated carbocycles. The maximum atomic E-state index is 6.15. The molecular formula is C13H12BrClN2. The fourth-order valence-corrected chi connectivity index (χ4v) is 1.97. The number of aromatic nitrogens is 1. The molecule has 2 nitrogen and oxygen atoms in total. The van der Waals surface area contributed by atoms with E-state index in [1.165, 1.54) is 0 Å². The van der Waals surface area contributed by atoms with Gasteiger partial charge in [0.25, 0.3) is 0 Å². The van der Waals surface area contributed by atoms with Gasteiger partial charge in [-0.15, -0.1) is 0 Å². The molecule has 1 aromatic carbocycles. The van der Waals surface area contributed by atoms with Crippen LogP contribution in [0.1, 0.15) is 11.1 Å². The van der Waals surface area contributed by atoms with Crippen molar-refractivity contribution in [2.75, 3.05) is 5.32 Å². The number of hydrogen-bond donors (Lipinski definition) is 1. The van der Waals surface area contributed by atoms with Crippen LogP contribution in [0.3, 0.4) is 0 Å². The van der Waals surface area contributed by atoms with E-state index in [-0.39, 0.29) is 0 Å². The molecule has 0 aliphatic rings. The summed E-state index contributed by atoms with van der Waals surface area (Å²) in [6.07, 6.45) is 1.78. The van der Waals surface area contributed by atoms with Crippen LogP contribution in [0.15, 0.2) is 34.9 Å². The lowest BCUT2D eigenvalue weighted by Crippen LogP contribution is -1.95. The smallest absolute Gasteiger partial charge is 0.130 e. The third-order valence-corrected chi connectivity index (χ3v) is 3.58. The molecule has 2 aromatic rings. The summed E-state index contributed by atoms with van der Waals surface area (Å²) >= 11 is 9.57. The topological polar surface area (TPSA) is 24.9 Å². The summed E-state index contributed by atoms with van der Waals surface area (Å²) in [4.78, 5) is 4.28. The number of pyridine rings is 1. The van der Waals surface area contributed by atoms with Crippen LogP contribution >= 0.6 is 27.5 Å². The molecular weight excluding hydrogens is 300 g/mol. The van der Waals surface area contributed by atoms with Crippen molar-refractivity contribution in [3.05, 3.63) is 51.1 Å². The summed E-state index contributed by atoms with van der Waals surface area (Å²) < 4.78 is 0.998. The van der Waals surface area contributed by atoms with Crippen molar-refractivity contribution in [2.24, 2.45) is 0 Å². The Morgan fingerprint density at radius 2 is 2.00 bits per heavy atom. The predicted octanol–water partition coefficient (Wildman–Crippen LogP) is 4.86. The van der Waals surface area contributed by atoms with Gasteiger partial charge >= 0.3 is 0 Å². The molecule has 0 atom stereocenters. The van der Waals surface area contributed by atoms with E-state index in [4.69, 9.17) is 11.6 Å². The Balaban J connectivity index is 2.28. The molecule has 17 heavy (non-hydrogen) atoms. The van der Waals surface area contributed by atoms with E-state index >= 15 is 0 Å². The molecule has 2 rings (SSSR count). The number of rotatable bonds is 2. The molecule has 0 bridgehead atoms. The van der Waals surface area contributed by atoms with Crippen molar-refractivity contribution < 1.29 is 0 Å². The van der Waals surface area contributed by atoms with E-state index in [9.17, 15) is 0 Å². The zero-order chi connectivity index (χ0) is 12.4. The second-order valence-corrected chi connectivity index (χ2v) is 5.19. The third-order valence-electron chi connectivity index (χ3n) is 2.43. The van der Waals surface area contributed by atoms with Crippen LogP contribution < -0.4 is 5.32 Å². The number of hydrogen-bond acceptors (Lipinski definition) is 2. The highest BCUT2D eigenvalue weighted by molar-refractivity contribution is 9.10. The molecule has 0 fully saturated rings. The maximum absolute atomic E-state index is 6.15. The summed E-state index contributed by atoms with van der Waals surface area (Å²) in [6, 6.07) is 7.87. The lowest BCUT2D eigenvalue weighted by Gasteiger charge is -2.09. The van der Waals surface area contributed by atoms with E-state index in [1.54, 1.807) is 6.20 Å². The van der Waals surface area contributed by atoms with Gasteiger partial charge in [-0.1, -0.05) is 17.7 Å². The fourth-order valence-electron chi connectivity index (χ4n) is 1.47. The molecule has 1 N–H and O–H groups in total. The van der Waals surface area contributed by atoms with Crippen molar-refractivity contribution in [1.82, 2.24) is 4.98 Å². The van der Waals surface area contributed by atoms with Gasteiger partial charge in [0.2, 0.25) is 0 Å². The molecule has 0 saturated heterocycles. The first-order valence-electron chi connectivity index (χ1n) is 5.21. The van der Waals surface area contributed by atoms with Gasteiger partial charge < -0.3 is 5.32 Å². The van der Waals surface area contributed by atoms with Crippen LogP contribution in [0, 0.1) is 13.8 Å². The van der Waals surface area contributed by atoms with Crippen LogP contribution in [0.25, 0.3) is 0 Å². The van der Waals surface area contributed by atoms with Gasteiger partial charge in [-0.2, -0.15) is 0 Å². The molecule has 1 aromatic heterocycles. The highest BCUT2D eigenvalue weighted by Gasteiger charge is 2.03. The minimum absolute atomic E-state index is 0.701. The van der Waals surface area contributed by atoms with E-state index in [1.807, 2.05) is 38.1 Å². The molecule has 0 aliphatic carbocycles. The van der Waals surface area contributed by atoms with Gasteiger partial charge in [0.15, 0.2) is 0 Å². The maximum Gasteiger partial charge on any atom is 0.130 e. The fraction of sp³-hybridized carbons (Fsp3) is 0.154. The first kappa shape index (κ1) is 12.4. The van der Waals surface area contributed by atoms with E-state index in [0.717, 1.165) is 27.1 Å². The van der Waals surface area contributed by atoms with Crippen molar-refractivity contribution in [2.45, 2.75) is 13.8 Å². The summed E-state index contributed by atoms with van der Waals surface area (Å²) in [7, 11) is 0. The Hall–Kier alpha value is -1.06. The van der Waals surface area contributed by atoms with Gasteiger partial charge in [0.05, 0.1) is 10.7 Å². The lowest BCUT2D eigenvalue weighted by molar-refractivity contribution is 1.25. The molecule has 4 heteroatoms. The molecule has 88 valence electrons. The average molecular weight is 312 g/mol. The van der Waals surface area contributed by atoms with E-state index in [0.29, 0.717) is 5.02 Å². The average Bonchev–Trinajstić information content (AvgIpc) is 2.27. The summed E-state index contributed by atoms with van der Waals surface area (Å²) in [5.41, 5.74) is 3.14. The van der Waals surface area contributed by atoms with E-state index in [2.05, 4.69) is 26.2 Å². The van der Waals surface area contributed by atoms with Crippen molar-refractivity contribution >= 4 is 39.0 Å². The number of nitrogens with one attached hydrogen (secondary N) is 1. The minimum atomic E-state index is 0.701. The Morgan fingerprint density at radius 3 is 2.65 bits per heavy atom. The molecule has 0 unspecified atom stereocenters. The SMILES string of the molecule is Cc1ccc(Nc2cc(C)c(Br)cn2)c(Cl)c1. The summed E-state index contributed by atoms with van der Waals surface area (Å²) in [6.45, 7) is 4.03. The summed E-state index contributed by atoms with van der Waals surface area (Å²) in [5, 5.41) is 3.90. The van der Waals surface area contributed by atoms with Crippen LogP contribution in [0.5, 0.6) is 0 Å². The van der Waals surface area contributed by atoms with Crippen LogP contribution in [0.4, 0.5) is 11.5 Å². The van der Waals surface area contributed by atoms with Gasteiger partial charge in [-0.3, -0.25) is 0 Å². The van der Waals surface area contributed by atoms with Crippen LogP contribution in [0.2, 0.25) is 5.02 Å². The minimum Gasteiger partial charge on any atom is -0.339 e. The van der Waals surface area contributed by atoms with E-state index < -0.39 is 0 Å². The standard InChI is InChI=1S/C13H12BrClN2/c1-8-3-4-12(11(15)5-8)17-13-6-9(2)10(14)7-16-13/h3-7H,1-2H3,(H,16,17). The first-order valence-corrected chi connectivity index (χ1v) is 6.38. The molecule has 0 radical (unpaired) electrons. The lowest BCUT2D eigenvalue weighted by atomic mass is 10.2. The Bertz CT molecular complexity index is 555. The Morgan fingerprint density at radius 1 is 1.24 bits per heavy atom. The van der Waals surface area contributed by atoms with Crippen molar-refractivity contribution in [1.29, 1.82) is 0 Å². The second kappa shape index (κ2) is 5.07. The Labute approximate surface area is 114 Å². The van der Waals surface area contributed by atoms with Crippen LogP contribution in [-0.2, 0) is 0 Å². The van der Waals surface area contributed by atoms with Gasteiger partial charge in [-0.05, 0) is 59.1 Å². The normalized spacial score (nSPS) is 10.4. The zero-order valence-corrected chi connectivity index (χ0v) is 11.9. The molecule has 1 heterocycles. The number of anilines is 2. The number of nitrogens with zero attached hydrogens (tertiary/aromatic N) is 1. The monoisotopic (exact) mass is 310 g/mol. The van der Waals surface area contributed by atoms with Gasteiger partial charge in [0, 0.05) is 10.7 Å². The number of benzene rings is 1. The van der Waals surface area contributed by atoms with Gasteiger partial charge in [-0.25, -0.2) is 4.98 Å². The third kappa shape index (κ3) is 2.99. The van der Waals surface area contributed by atoms with Crippen molar-refractivity contribution in [3.63, 3.8) is 0 Å². The molecule has 0 amide bonds. The molecule has 0 aliphatic heterocycles. The number of aryl methyl sites for hydroxylation is 2. The van der Waals surface area contributed by atoms with Crippen molar-refractivity contribution in [3.8, 4) is 0 Å². The van der Waals surface area contributed by atoms with Crippen LogP contribution in [-0.4, -0.2) is 4.98 Å². The largest absolute Gasteiger partial charge is 0.339 e. The molecule has 0 spiro atoms. The predicted molar refractivity (Wildman–Crippen MR) is 76.1 cm³/mol. The second-order valence-electron chi connectivity index (χ2n) is 3.93. The summed E-state index contributed by atoms with van der Waals surface area (Å²) in [5.74, 6) is 0.788. The quantitative estimate of drug-likeness (QED) is 0.857. The highest BCUT2D eigenvalue weighted by atomic mass is 79.9.